The van der Waals surface area contributed by atoms with Crippen LogP contribution in [0, 0.1) is 13.7 Å². The zero-order valence-corrected chi connectivity index (χ0v) is 10.2. The van der Waals surface area contributed by atoms with Gasteiger partial charge in [0, 0.05) is 9.77 Å². The lowest BCUT2D eigenvalue weighted by Crippen LogP contribution is -2.07. The number of nitrogens with zero attached hydrogens (tertiary/aromatic N) is 2. The Kier molecular flexibility index (Phi) is 4.08. The lowest BCUT2D eigenvalue weighted by molar-refractivity contribution is -0.386. The Bertz CT molecular complexity index is 469. The minimum atomic E-state index is -3.08. The molecule has 9 heteroatoms. The molecular formula is C7H2ClF2IN2O3. The van der Waals surface area contributed by atoms with E-state index in [1.165, 1.54) is 22.6 Å². The molecule has 0 aliphatic rings. The Morgan fingerprint density at radius 3 is 2.56 bits per heavy atom. The fourth-order valence-corrected chi connectivity index (χ4v) is 1.80. The van der Waals surface area contributed by atoms with E-state index in [1.54, 1.807) is 0 Å². The van der Waals surface area contributed by atoms with Crippen LogP contribution in [0.15, 0.2) is 6.20 Å². The van der Waals surface area contributed by atoms with E-state index in [1.807, 2.05) is 0 Å². The third kappa shape index (κ3) is 2.43. The Labute approximate surface area is 106 Å². The Hall–Kier alpha value is -0.900. The van der Waals surface area contributed by atoms with Crippen LogP contribution in [0.5, 0.6) is 0 Å². The molecule has 0 saturated carbocycles. The van der Waals surface area contributed by atoms with Gasteiger partial charge in [-0.05, 0) is 34.2 Å². The molecule has 0 unspecified atom stereocenters. The maximum atomic E-state index is 12.6. The van der Waals surface area contributed by atoms with Crippen LogP contribution in [-0.4, -0.2) is 15.1 Å². The summed E-state index contributed by atoms with van der Waals surface area (Å²) in [7, 11) is 0. The molecule has 0 amide bonds. The molecule has 1 aromatic heterocycles. The molecule has 1 aromatic rings. The second-order valence-electron chi connectivity index (χ2n) is 2.55. The summed E-state index contributed by atoms with van der Waals surface area (Å²) in [4.78, 5) is 23.7. The van der Waals surface area contributed by atoms with Crippen LogP contribution < -0.4 is 0 Å². The number of alkyl halides is 2. The van der Waals surface area contributed by atoms with Crippen molar-refractivity contribution < 1.29 is 18.5 Å². The topological polar surface area (TPSA) is 73.1 Å². The SMILES string of the molecule is O=C(Cl)c1ncc(I)c(C(F)F)c1[N+](=O)[O-]. The summed E-state index contributed by atoms with van der Waals surface area (Å²) < 4.78 is 25.1. The van der Waals surface area contributed by atoms with Crippen molar-refractivity contribution in [3.05, 3.63) is 31.1 Å². The van der Waals surface area contributed by atoms with Crippen molar-refractivity contribution in [1.29, 1.82) is 0 Å². The van der Waals surface area contributed by atoms with Crippen LogP contribution in [0.2, 0.25) is 0 Å². The predicted molar refractivity (Wildman–Crippen MR) is 58.7 cm³/mol. The molecule has 16 heavy (non-hydrogen) atoms. The van der Waals surface area contributed by atoms with Gasteiger partial charge < -0.3 is 0 Å². The molecule has 1 rings (SSSR count). The monoisotopic (exact) mass is 362 g/mol. The molecule has 5 nitrogen and oxygen atoms in total. The van der Waals surface area contributed by atoms with Crippen molar-refractivity contribution in [2.75, 3.05) is 0 Å². The van der Waals surface area contributed by atoms with Crippen molar-refractivity contribution >= 4 is 45.1 Å². The number of aromatic nitrogens is 1. The van der Waals surface area contributed by atoms with Crippen LogP contribution in [0.25, 0.3) is 0 Å². The van der Waals surface area contributed by atoms with Crippen LogP contribution >= 0.6 is 34.2 Å². The molecule has 0 aliphatic heterocycles. The summed E-state index contributed by atoms with van der Waals surface area (Å²) in [6.45, 7) is 0. The lowest BCUT2D eigenvalue weighted by atomic mass is 10.2. The summed E-state index contributed by atoms with van der Waals surface area (Å²) in [5, 5.41) is 9.38. The van der Waals surface area contributed by atoms with Crippen molar-refractivity contribution in [2.24, 2.45) is 0 Å². The molecule has 0 aromatic carbocycles. The summed E-state index contributed by atoms with van der Waals surface area (Å²) >= 11 is 6.50. The van der Waals surface area contributed by atoms with E-state index in [0.717, 1.165) is 6.20 Å². The number of carbonyl (C=O) groups is 1. The van der Waals surface area contributed by atoms with Gasteiger partial charge in [0.1, 0.15) is 5.56 Å². The van der Waals surface area contributed by atoms with Gasteiger partial charge in [-0.2, -0.15) is 0 Å². The fourth-order valence-electron chi connectivity index (χ4n) is 1.03. The van der Waals surface area contributed by atoms with Crippen LogP contribution in [0.4, 0.5) is 14.5 Å². The smallest absolute Gasteiger partial charge is 0.274 e. The molecular weight excluding hydrogens is 360 g/mol. The summed E-state index contributed by atoms with van der Waals surface area (Å²) in [5.41, 5.74) is -2.66. The van der Waals surface area contributed by atoms with E-state index < -0.39 is 33.5 Å². The first-order chi connectivity index (χ1) is 7.36. The Morgan fingerprint density at radius 1 is 1.62 bits per heavy atom. The molecule has 1 heterocycles. The minimum absolute atomic E-state index is 0.0963. The molecule has 0 aliphatic carbocycles. The van der Waals surface area contributed by atoms with Gasteiger partial charge in [0.15, 0.2) is 0 Å². The zero-order chi connectivity index (χ0) is 12.5. The van der Waals surface area contributed by atoms with Crippen molar-refractivity contribution in [2.45, 2.75) is 6.43 Å². The number of nitro groups is 1. The highest BCUT2D eigenvalue weighted by Gasteiger charge is 2.32. The van der Waals surface area contributed by atoms with Crippen LogP contribution in [0.3, 0.4) is 0 Å². The fraction of sp³-hybridized carbons (Fsp3) is 0.143. The summed E-state index contributed by atoms with van der Waals surface area (Å²) in [6.07, 6.45) is -2.14. The van der Waals surface area contributed by atoms with E-state index in [4.69, 9.17) is 11.6 Å². The minimum Gasteiger partial charge on any atom is -0.274 e. The van der Waals surface area contributed by atoms with Gasteiger partial charge in [-0.25, -0.2) is 13.8 Å². The average Bonchev–Trinajstić information content (AvgIpc) is 2.15. The second-order valence-corrected chi connectivity index (χ2v) is 4.05. The number of pyridine rings is 1. The molecule has 0 N–H and O–H groups in total. The molecule has 0 radical (unpaired) electrons. The first-order valence-electron chi connectivity index (χ1n) is 3.67. The lowest BCUT2D eigenvalue weighted by Gasteiger charge is -2.05. The quantitative estimate of drug-likeness (QED) is 0.359. The van der Waals surface area contributed by atoms with E-state index in [9.17, 15) is 23.7 Å². The predicted octanol–water partition coefficient (Wildman–Crippen LogP) is 2.91. The average molecular weight is 362 g/mol. The summed E-state index contributed by atoms with van der Waals surface area (Å²) in [5.74, 6) is 0. The second kappa shape index (κ2) is 4.95. The number of halogens is 4. The van der Waals surface area contributed by atoms with Gasteiger partial charge in [-0.3, -0.25) is 14.9 Å². The standard InChI is InChI=1S/C7H2ClF2IN2O3/c8-6(14)4-5(13(15)16)3(7(9)10)2(11)1-12-4/h1,7H. The Morgan fingerprint density at radius 2 is 2.19 bits per heavy atom. The molecule has 0 spiro atoms. The first kappa shape index (κ1) is 13.2. The number of hydrogen-bond donors (Lipinski definition) is 0. The number of hydrogen-bond acceptors (Lipinski definition) is 4. The molecule has 0 saturated heterocycles. The highest BCUT2D eigenvalue weighted by molar-refractivity contribution is 14.1. The molecule has 0 bridgehead atoms. The van der Waals surface area contributed by atoms with Gasteiger partial charge in [-0.15, -0.1) is 0 Å². The molecule has 86 valence electrons. The zero-order valence-electron chi connectivity index (χ0n) is 7.29. The van der Waals surface area contributed by atoms with Crippen molar-refractivity contribution in [1.82, 2.24) is 4.98 Å². The maximum Gasteiger partial charge on any atom is 0.309 e. The van der Waals surface area contributed by atoms with Crippen LogP contribution in [-0.2, 0) is 0 Å². The largest absolute Gasteiger partial charge is 0.309 e. The van der Waals surface area contributed by atoms with Gasteiger partial charge in [-0.1, -0.05) is 0 Å². The number of carbonyl (C=O) groups excluding carboxylic acids is 1. The highest BCUT2D eigenvalue weighted by Crippen LogP contribution is 2.34. The van der Waals surface area contributed by atoms with Crippen LogP contribution in [0.1, 0.15) is 22.5 Å². The first-order valence-corrected chi connectivity index (χ1v) is 5.12. The van der Waals surface area contributed by atoms with Crippen molar-refractivity contribution in [3.63, 3.8) is 0 Å². The molecule has 0 atom stereocenters. The van der Waals surface area contributed by atoms with E-state index in [0.29, 0.717) is 0 Å². The van der Waals surface area contributed by atoms with Crippen molar-refractivity contribution in [3.8, 4) is 0 Å². The highest BCUT2D eigenvalue weighted by atomic mass is 127. The van der Waals surface area contributed by atoms with E-state index in [-0.39, 0.29) is 3.57 Å². The van der Waals surface area contributed by atoms with E-state index >= 15 is 0 Å². The van der Waals surface area contributed by atoms with Gasteiger partial charge >= 0.3 is 5.69 Å². The maximum absolute atomic E-state index is 12.6. The normalized spacial score (nSPS) is 10.6. The van der Waals surface area contributed by atoms with Gasteiger partial charge in [0.05, 0.1) is 4.92 Å². The third-order valence-electron chi connectivity index (χ3n) is 1.63. The van der Waals surface area contributed by atoms with Gasteiger partial charge in [0.25, 0.3) is 11.7 Å². The molecule has 0 fully saturated rings. The number of rotatable bonds is 3. The van der Waals surface area contributed by atoms with Gasteiger partial charge in [0.2, 0.25) is 5.69 Å². The third-order valence-corrected chi connectivity index (χ3v) is 2.67. The Balaban J connectivity index is 3.63. The van der Waals surface area contributed by atoms with E-state index in [2.05, 4.69) is 4.98 Å². The summed E-state index contributed by atoms with van der Waals surface area (Å²) in [6, 6.07) is 0.